The average molecular weight is 373 g/mol. The summed E-state index contributed by atoms with van der Waals surface area (Å²) in [6.07, 6.45) is 0. The van der Waals surface area contributed by atoms with E-state index in [0.29, 0.717) is 5.56 Å². The summed E-state index contributed by atoms with van der Waals surface area (Å²) in [6, 6.07) is 7.97. The fourth-order valence-electron chi connectivity index (χ4n) is 1.46. The van der Waals surface area contributed by atoms with Crippen molar-refractivity contribution >= 4 is 49.4 Å². The molecule has 1 aromatic heterocycles. The number of benzene rings is 1. The second-order valence-corrected chi connectivity index (χ2v) is 5.28. The molecule has 0 aliphatic rings. The van der Waals surface area contributed by atoms with E-state index in [1.54, 1.807) is 6.07 Å². The second-order valence-electron chi connectivity index (χ2n) is 3.21. The molecule has 0 spiro atoms. The van der Waals surface area contributed by atoms with Crippen LogP contribution in [0, 0.1) is 21.8 Å². The first kappa shape index (κ1) is 10.8. The lowest BCUT2D eigenvalue weighted by Gasteiger charge is -2.04. The van der Waals surface area contributed by atoms with Gasteiger partial charge in [-0.15, -0.1) is 0 Å². The first-order valence-corrected chi connectivity index (χ1v) is 6.15. The highest BCUT2D eigenvalue weighted by molar-refractivity contribution is 14.1. The summed E-state index contributed by atoms with van der Waals surface area (Å²) in [4.78, 5) is 4.40. The maximum Gasteiger partial charge on any atom is 0.101 e. The zero-order valence-corrected chi connectivity index (χ0v) is 11.6. The number of nitriles is 1. The van der Waals surface area contributed by atoms with Crippen LogP contribution in [0.3, 0.4) is 0 Å². The summed E-state index contributed by atoms with van der Waals surface area (Å²) in [5, 5.41) is 10.0. The standard InChI is InChI=1S/C11H6BrIN2/c1-6-2-10(13)9-4-8(12)3-7(5-14)11(9)15-6/h2-4H,1H3. The van der Waals surface area contributed by atoms with Crippen LogP contribution < -0.4 is 0 Å². The van der Waals surface area contributed by atoms with Gasteiger partial charge >= 0.3 is 0 Å². The van der Waals surface area contributed by atoms with Crippen LogP contribution in [0.2, 0.25) is 0 Å². The van der Waals surface area contributed by atoms with Crippen molar-refractivity contribution in [3.8, 4) is 6.07 Å². The molecule has 0 saturated heterocycles. The minimum absolute atomic E-state index is 0.612. The molecular weight excluding hydrogens is 367 g/mol. The molecule has 74 valence electrons. The van der Waals surface area contributed by atoms with Gasteiger partial charge in [0.1, 0.15) is 6.07 Å². The van der Waals surface area contributed by atoms with E-state index in [9.17, 15) is 0 Å². The smallest absolute Gasteiger partial charge is 0.101 e. The quantitative estimate of drug-likeness (QED) is 0.660. The van der Waals surface area contributed by atoms with E-state index in [1.807, 2.05) is 19.1 Å². The van der Waals surface area contributed by atoms with Crippen LogP contribution in [-0.4, -0.2) is 4.98 Å². The topological polar surface area (TPSA) is 36.7 Å². The van der Waals surface area contributed by atoms with E-state index >= 15 is 0 Å². The van der Waals surface area contributed by atoms with Gasteiger partial charge in [-0.05, 0) is 47.7 Å². The summed E-state index contributed by atoms with van der Waals surface area (Å²) in [5.74, 6) is 0. The average Bonchev–Trinajstić information content (AvgIpc) is 2.18. The van der Waals surface area contributed by atoms with E-state index in [2.05, 4.69) is 49.6 Å². The molecule has 0 unspecified atom stereocenters. The lowest BCUT2D eigenvalue weighted by atomic mass is 10.1. The molecule has 4 heteroatoms. The summed E-state index contributed by atoms with van der Waals surface area (Å²) >= 11 is 5.66. The first-order valence-electron chi connectivity index (χ1n) is 4.28. The van der Waals surface area contributed by atoms with Gasteiger partial charge in [0.15, 0.2) is 0 Å². The Morgan fingerprint density at radius 3 is 2.80 bits per heavy atom. The monoisotopic (exact) mass is 372 g/mol. The molecule has 0 aliphatic heterocycles. The molecule has 0 amide bonds. The van der Waals surface area contributed by atoms with Gasteiger partial charge in [0, 0.05) is 19.1 Å². The summed E-state index contributed by atoms with van der Waals surface area (Å²) in [7, 11) is 0. The van der Waals surface area contributed by atoms with Crippen LogP contribution in [0.25, 0.3) is 10.9 Å². The van der Waals surface area contributed by atoms with E-state index < -0.39 is 0 Å². The molecule has 1 heterocycles. The van der Waals surface area contributed by atoms with Crippen molar-refractivity contribution in [3.63, 3.8) is 0 Å². The molecule has 0 radical (unpaired) electrons. The van der Waals surface area contributed by atoms with Crippen LogP contribution >= 0.6 is 38.5 Å². The lowest BCUT2D eigenvalue weighted by molar-refractivity contribution is 1.24. The van der Waals surface area contributed by atoms with Crippen LogP contribution in [-0.2, 0) is 0 Å². The molecule has 0 saturated carbocycles. The number of rotatable bonds is 0. The highest BCUT2D eigenvalue weighted by Gasteiger charge is 2.07. The van der Waals surface area contributed by atoms with E-state index in [1.165, 1.54) is 0 Å². The molecule has 2 nitrogen and oxygen atoms in total. The maximum absolute atomic E-state index is 9.03. The number of halogens is 2. The molecule has 0 atom stereocenters. The van der Waals surface area contributed by atoms with Gasteiger partial charge in [-0.3, -0.25) is 4.98 Å². The molecular formula is C11H6BrIN2. The largest absolute Gasteiger partial charge is 0.252 e. The van der Waals surface area contributed by atoms with Gasteiger partial charge in [0.25, 0.3) is 0 Å². The number of pyridine rings is 1. The number of fused-ring (bicyclic) bond motifs is 1. The van der Waals surface area contributed by atoms with Gasteiger partial charge in [-0.2, -0.15) is 5.26 Å². The van der Waals surface area contributed by atoms with Gasteiger partial charge < -0.3 is 0 Å². The van der Waals surface area contributed by atoms with Crippen molar-refractivity contribution in [3.05, 3.63) is 37.5 Å². The predicted molar refractivity (Wildman–Crippen MR) is 71.6 cm³/mol. The first-order chi connectivity index (χ1) is 7.11. The van der Waals surface area contributed by atoms with Gasteiger partial charge in [-0.1, -0.05) is 15.9 Å². The Hall–Kier alpha value is -0.670. The second kappa shape index (κ2) is 4.06. The number of aromatic nitrogens is 1. The number of aryl methyl sites for hydroxylation is 1. The van der Waals surface area contributed by atoms with Crippen molar-refractivity contribution in [2.45, 2.75) is 6.92 Å². The fourth-order valence-corrected chi connectivity index (χ4v) is 2.78. The highest BCUT2D eigenvalue weighted by atomic mass is 127. The Balaban J connectivity index is 2.98. The third-order valence-electron chi connectivity index (χ3n) is 2.08. The fraction of sp³-hybridized carbons (Fsp3) is 0.0909. The SMILES string of the molecule is Cc1cc(I)c2cc(Br)cc(C#N)c2n1. The molecule has 0 N–H and O–H groups in total. The predicted octanol–water partition coefficient (Wildman–Crippen LogP) is 3.78. The van der Waals surface area contributed by atoms with E-state index in [-0.39, 0.29) is 0 Å². The van der Waals surface area contributed by atoms with Crippen molar-refractivity contribution < 1.29 is 0 Å². The van der Waals surface area contributed by atoms with Gasteiger partial charge in [-0.25, -0.2) is 0 Å². The zero-order valence-electron chi connectivity index (χ0n) is 7.88. The maximum atomic E-state index is 9.03. The van der Waals surface area contributed by atoms with E-state index in [0.717, 1.165) is 24.6 Å². The Morgan fingerprint density at radius 1 is 1.40 bits per heavy atom. The molecule has 2 aromatic rings. The van der Waals surface area contributed by atoms with Crippen molar-refractivity contribution in [2.75, 3.05) is 0 Å². The van der Waals surface area contributed by atoms with Crippen molar-refractivity contribution in [2.24, 2.45) is 0 Å². The molecule has 2 rings (SSSR count). The Kier molecular flexibility index (Phi) is 2.94. The summed E-state index contributed by atoms with van der Waals surface area (Å²) in [5.41, 5.74) is 2.33. The van der Waals surface area contributed by atoms with Gasteiger partial charge in [0.05, 0.1) is 11.1 Å². The molecule has 0 aliphatic carbocycles. The summed E-state index contributed by atoms with van der Waals surface area (Å²) in [6.45, 7) is 1.94. The minimum atomic E-state index is 0.612. The third-order valence-corrected chi connectivity index (χ3v) is 3.43. The zero-order chi connectivity index (χ0) is 11.0. The van der Waals surface area contributed by atoms with Crippen LogP contribution in [0.1, 0.15) is 11.3 Å². The lowest BCUT2D eigenvalue weighted by Crippen LogP contribution is -1.90. The molecule has 0 bridgehead atoms. The van der Waals surface area contributed by atoms with Crippen LogP contribution in [0.4, 0.5) is 0 Å². The van der Waals surface area contributed by atoms with Gasteiger partial charge in [0.2, 0.25) is 0 Å². The number of hydrogen-bond acceptors (Lipinski definition) is 2. The number of hydrogen-bond donors (Lipinski definition) is 0. The summed E-state index contributed by atoms with van der Waals surface area (Å²) < 4.78 is 2.03. The van der Waals surface area contributed by atoms with E-state index in [4.69, 9.17) is 5.26 Å². The number of nitrogens with zero attached hydrogens (tertiary/aromatic N) is 2. The Bertz CT molecular complexity index is 587. The van der Waals surface area contributed by atoms with Crippen molar-refractivity contribution in [1.82, 2.24) is 4.98 Å². The Labute approximate surface area is 110 Å². The van der Waals surface area contributed by atoms with Crippen LogP contribution in [0.5, 0.6) is 0 Å². The highest BCUT2D eigenvalue weighted by Crippen LogP contribution is 2.26. The minimum Gasteiger partial charge on any atom is -0.252 e. The van der Waals surface area contributed by atoms with Crippen molar-refractivity contribution in [1.29, 1.82) is 5.26 Å². The van der Waals surface area contributed by atoms with Crippen LogP contribution in [0.15, 0.2) is 22.7 Å². The third kappa shape index (κ3) is 1.99. The molecule has 0 fully saturated rings. The normalized spacial score (nSPS) is 10.3. The molecule has 15 heavy (non-hydrogen) atoms. The molecule has 1 aromatic carbocycles. The Morgan fingerprint density at radius 2 is 2.13 bits per heavy atom.